The van der Waals surface area contributed by atoms with E-state index in [2.05, 4.69) is 31.5 Å². The number of nitrogens with zero attached hydrogens (tertiary/aromatic N) is 4. The van der Waals surface area contributed by atoms with Gasteiger partial charge in [0.05, 0.1) is 11.6 Å². The number of nitrogens with one attached hydrogen (secondary N) is 1. The zero-order valence-electron chi connectivity index (χ0n) is 18.5. The Labute approximate surface area is 196 Å². The van der Waals surface area contributed by atoms with Crippen LogP contribution in [0.25, 0.3) is 22.0 Å². The molecule has 8 heteroatoms. The maximum Gasteiger partial charge on any atom is 0.256 e. The average Bonchev–Trinajstić information content (AvgIpc) is 2.85. The van der Waals surface area contributed by atoms with Crippen molar-refractivity contribution in [2.45, 2.75) is 25.5 Å². The molecule has 1 amide bonds. The van der Waals surface area contributed by atoms with Crippen molar-refractivity contribution in [3.8, 4) is 11.1 Å². The lowest BCUT2D eigenvalue weighted by molar-refractivity contribution is 0.0792. The molecule has 4 aromatic rings. The highest BCUT2D eigenvalue weighted by atomic mass is 19.1. The second-order valence-corrected chi connectivity index (χ2v) is 8.55. The van der Waals surface area contributed by atoms with Crippen molar-refractivity contribution in [3.05, 3.63) is 83.9 Å². The predicted octanol–water partition coefficient (Wildman–Crippen LogP) is 4.04. The van der Waals surface area contributed by atoms with Crippen LogP contribution in [0.5, 0.6) is 0 Å². The van der Waals surface area contributed by atoms with E-state index >= 15 is 0 Å². The van der Waals surface area contributed by atoms with Crippen molar-refractivity contribution < 1.29 is 14.3 Å². The summed E-state index contributed by atoms with van der Waals surface area (Å²) in [6.07, 6.45) is 5.13. The second-order valence-electron chi connectivity index (χ2n) is 8.55. The summed E-state index contributed by atoms with van der Waals surface area (Å²) in [4.78, 5) is 19.2. The minimum Gasteiger partial charge on any atom is -0.393 e. The molecule has 2 N–H and O–H groups in total. The first-order valence-corrected chi connectivity index (χ1v) is 11.2. The monoisotopic (exact) mass is 457 g/mol. The van der Waals surface area contributed by atoms with Crippen molar-refractivity contribution in [1.82, 2.24) is 20.1 Å². The summed E-state index contributed by atoms with van der Waals surface area (Å²) < 4.78 is 13.1. The number of anilines is 1. The Morgan fingerprint density at radius 3 is 2.59 bits per heavy atom. The minimum absolute atomic E-state index is 0.188. The number of aliphatic hydroxyl groups is 1. The van der Waals surface area contributed by atoms with Gasteiger partial charge in [0.15, 0.2) is 5.82 Å². The van der Waals surface area contributed by atoms with E-state index in [1.54, 1.807) is 6.07 Å². The molecule has 5 rings (SSSR count). The van der Waals surface area contributed by atoms with E-state index in [4.69, 9.17) is 0 Å². The topological polar surface area (TPSA) is 91.2 Å². The zero-order chi connectivity index (χ0) is 23.5. The van der Waals surface area contributed by atoms with Crippen LogP contribution in [0.1, 0.15) is 28.8 Å². The predicted molar refractivity (Wildman–Crippen MR) is 128 cm³/mol. The van der Waals surface area contributed by atoms with Crippen LogP contribution < -0.4 is 5.32 Å². The number of aromatic nitrogens is 3. The fourth-order valence-corrected chi connectivity index (χ4v) is 4.14. The fourth-order valence-electron chi connectivity index (χ4n) is 4.14. The molecular weight excluding hydrogens is 433 g/mol. The second kappa shape index (κ2) is 9.62. The van der Waals surface area contributed by atoms with E-state index < -0.39 is 5.82 Å². The molecule has 1 saturated heterocycles. The number of pyridine rings is 1. The van der Waals surface area contributed by atoms with E-state index in [0.29, 0.717) is 16.9 Å². The van der Waals surface area contributed by atoms with Crippen LogP contribution in [0.4, 0.5) is 10.2 Å². The molecule has 0 bridgehead atoms. The number of amides is 1. The molecule has 0 aliphatic carbocycles. The number of likely N-dealkylation sites (tertiary alicyclic amines) is 1. The summed E-state index contributed by atoms with van der Waals surface area (Å²) in [7, 11) is 0. The normalized spacial score (nSPS) is 14.9. The summed E-state index contributed by atoms with van der Waals surface area (Å²) in [6, 6.07) is 15.1. The third kappa shape index (κ3) is 5.08. The van der Waals surface area contributed by atoms with E-state index in [1.165, 1.54) is 24.3 Å². The molecule has 172 valence electrons. The van der Waals surface area contributed by atoms with Crippen LogP contribution in [0.15, 0.2) is 67.0 Å². The molecule has 34 heavy (non-hydrogen) atoms. The van der Waals surface area contributed by atoms with Gasteiger partial charge in [-0.3, -0.25) is 14.7 Å². The average molecular weight is 458 g/mol. The molecule has 1 aliphatic rings. The van der Waals surface area contributed by atoms with Gasteiger partial charge in [0.25, 0.3) is 5.91 Å². The number of halogens is 1. The van der Waals surface area contributed by atoms with Gasteiger partial charge in [-0.2, -0.15) is 0 Å². The number of benzene rings is 2. The summed E-state index contributed by atoms with van der Waals surface area (Å²) in [5.74, 6) is -0.465. The highest BCUT2D eigenvalue weighted by Gasteiger charge is 2.17. The van der Waals surface area contributed by atoms with Gasteiger partial charge in [-0.15, -0.1) is 10.2 Å². The van der Waals surface area contributed by atoms with Gasteiger partial charge >= 0.3 is 0 Å². The van der Waals surface area contributed by atoms with Crippen molar-refractivity contribution >= 4 is 22.6 Å². The highest BCUT2D eigenvalue weighted by Crippen LogP contribution is 2.25. The van der Waals surface area contributed by atoms with Gasteiger partial charge in [0, 0.05) is 48.5 Å². The van der Waals surface area contributed by atoms with E-state index in [1.807, 2.05) is 30.6 Å². The van der Waals surface area contributed by atoms with E-state index in [-0.39, 0.29) is 12.0 Å². The molecule has 0 unspecified atom stereocenters. The summed E-state index contributed by atoms with van der Waals surface area (Å²) in [6.45, 7) is 2.56. The first-order valence-electron chi connectivity index (χ1n) is 11.2. The van der Waals surface area contributed by atoms with Crippen molar-refractivity contribution in [2.75, 3.05) is 18.4 Å². The van der Waals surface area contributed by atoms with Gasteiger partial charge in [-0.25, -0.2) is 4.39 Å². The molecule has 2 aromatic carbocycles. The minimum atomic E-state index is -0.400. The maximum atomic E-state index is 13.1. The van der Waals surface area contributed by atoms with Crippen LogP contribution in [-0.2, 0) is 6.54 Å². The number of fused-ring (bicyclic) bond motifs is 1. The Morgan fingerprint density at radius 2 is 1.79 bits per heavy atom. The van der Waals surface area contributed by atoms with Gasteiger partial charge in [0.1, 0.15) is 5.82 Å². The molecule has 0 radical (unpaired) electrons. The van der Waals surface area contributed by atoms with Crippen molar-refractivity contribution in [2.24, 2.45) is 0 Å². The number of rotatable bonds is 5. The standard InChI is InChI=1S/C26H24FN5O2/c27-22-4-1-18(2-5-22)26(34)29-25-13-20-12-19(3-6-24(20)30-31-25)21-11-17(14-28-15-21)16-32-9-7-23(33)8-10-32/h1-6,11-15,23,33H,7-10,16H2,(H,29,31,34). The molecule has 0 saturated carbocycles. The number of hydrogen-bond donors (Lipinski definition) is 2. The Morgan fingerprint density at radius 1 is 1.00 bits per heavy atom. The molecular formula is C26H24FN5O2. The van der Waals surface area contributed by atoms with E-state index in [0.717, 1.165) is 54.6 Å². The summed E-state index contributed by atoms with van der Waals surface area (Å²) in [5, 5.41) is 21.6. The van der Waals surface area contributed by atoms with Crippen LogP contribution in [0.3, 0.4) is 0 Å². The highest BCUT2D eigenvalue weighted by molar-refractivity contribution is 6.04. The van der Waals surface area contributed by atoms with Crippen molar-refractivity contribution in [1.29, 1.82) is 0 Å². The van der Waals surface area contributed by atoms with Crippen LogP contribution in [0.2, 0.25) is 0 Å². The van der Waals surface area contributed by atoms with Gasteiger partial charge < -0.3 is 10.4 Å². The number of aliphatic hydroxyl groups excluding tert-OH is 1. The lowest BCUT2D eigenvalue weighted by atomic mass is 10.0. The largest absolute Gasteiger partial charge is 0.393 e. The maximum absolute atomic E-state index is 13.1. The molecule has 7 nitrogen and oxygen atoms in total. The Balaban J connectivity index is 1.35. The Bertz CT molecular complexity index is 1320. The summed E-state index contributed by atoms with van der Waals surface area (Å²) in [5.41, 5.74) is 4.14. The van der Waals surface area contributed by atoms with Gasteiger partial charge in [-0.05, 0) is 72.5 Å². The van der Waals surface area contributed by atoms with Crippen LogP contribution >= 0.6 is 0 Å². The number of carbonyl (C=O) groups excluding carboxylic acids is 1. The summed E-state index contributed by atoms with van der Waals surface area (Å²) >= 11 is 0. The van der Waals surface area contributed by atoms with Gasteiger partial charge in [0.2, 0.25) is 0 Å². The number of hydrogen-bond acceptors (Lipinski definition) is 6. The fraction of sp³-hybridized carbons (Fsp3) is 0.231. The SMILES string of the molecule is O=C(Nc1cc2cc(-c3cncc(CN4CCC(O)CC4)c3)ccc2nn1)c1ccc(F)cc1. The zero-order valence-corrected chi connectivity index (χ0v) is 18.5. The smallest absolute Gasteiger partial charge is 0.256 e. The molecule has 2 aromatic heterocycles. The third-order valence-electron chi connectivity index (χ3n) is 6.02. The molecule has 0 atom stereocenters. The molecule has 3 heterocycles. The third-order valence-corrected chi connectivity index (χ3v) is 6.02. The number of carbonyl (C=O) groups is 1. The Kier molecular flexibility index (Phi) is 6.24. The first-order chi connectivity index (χ1) is 16.5. The van der Waals surface area contributed by atoms with Crippen LogP contribution in [-0.4, -0.2) is 50.3 Å². The van der Waals surface area contributed by atoms with Crippen molar-refractivity contribution in [3.63, 3.8) is 0 Å². The Hall–Kier alpha value is -3.75. The quantitative estimate of drug-likeness (QED) is 0.470. The van der Waals surface area contributed by atoms with Crippen LogP contribution in [0, 0.1) is 5.82 Å². The molecule has 1 aliphatic heterocycles. The molecule has 1 fully saturated rings. The van der Waals surface area contributed by atoms with E-state index in [9.17, 15) is 14.3 Å². The number of piperidine rings is 1. The van der Waals surface area contributed by atoms with Gasteiger partial charge in [-0.1, -0.05) is 6.07 Å². The lowest BCUT2D eigenvalue weighted by Crippen LogP contribution is -2.35. The molecule has 0 spiro atoms. The first kappa shape index (κ1) is 22.1. The lowest BCUT2D eigenvalue weighted by Gasteiger charge is -2.29.